The van der Waals surface area contributed by atoms with E-state index in [0.717, 1.165) is 0 Å². The topological polar surface area (TPSA) is 87.2 Å². The number of benzene rings is 1. The highest BCUT2D eigenvalue weighted by Crippen LogP contribution is 2.26. The van der Waals surface area contributed by atoms with E-state index >= 15 is 0 Å². The third-order valence-corrected chi connectivity index (χ3v) is 2.74. The minimum absolute atomic E-state index is 0. The second kappa shape index (κ2) is 7.46. The van der Waals surface area contributed by atoms with E-state index in [0.29, 0.717) is 11.4 Å². The molecule has 22 heavy (non-hydrogen) atoms. The molecule has 1 heterocycles. The number of anilines is 2. The molecule has 1 aromatic heterocycles. The number of rotatable bonds is 4. The van der Waals surface area contributed by atoms with Gasteiger partial charge in [0.1, 0.15) is 18.1 Å². The summed E-state index contributed by atoms with van der Waals surface area (Å²) in [5, 5.41) is 15.0. The predicted molar refractivity (Wildman–Crippen MR) is 76.6 cm³/mol. The fourth-order valence-corrected chi connectivity index (χ4v) is 1.87. The molecule has 0 aliphatic heterocycles. The first-order valence-electron chi connectivity index (χ1n) is 6.35. The zero-order chi connectivity index (χ0) is 15.4. The lowest BCUT2D eigenvalue weighted by atomic mass is 10.2. The molecule has 0 bridgehead atoms. The number of hydrogen-bond acceptors (Lipinski definition) is 3. The summed E-state index contributed by atoms with van der Waals surface area (Å²) >= 11 is 0. The Balaban J connectivity index is 0.00000242. The zero-order valence-corrected chi connectivity index (χ0v) is 13.0. The summed E-state index contributed by atoms with van der Waals surface area (Å²) in [6.45, 7) is 1.53. The summed E-state index contributed by atoms with van der Waals surface area (Å²) < 4.78 is 3.55. The summed E-state index contributed by atoms with van der Waals surface area (Å²) in [6.07, 6.45) is 5.38. The fraction of sp³-hybridized carbons (Fsp3) is 0.214. The lowest BCUT2D eigenvalue weighted by Crippen LogP contribution is -3.00. The second-order valence-electron chi connectivity index (χ2n) is 4.71. The van der Waals surface area contributed by atoms with Crippen LogP contribution in [-0.2, 0) is 23.2 Å². The average Bonchev–Trinajstić information content (AvgIpc) is 2.77. The molecule has 0 saturated carbocycles. The van der Waals surface area contributed by atoms with Crippen molar-refractivity contribution >= 4 is 23.2 Å². The van der Waals surface area contributed by atoms with Crippen LogP contribution in [0.15, 0.2) is 36.9 Å². The van der Waals surface area contributed by atoms with Gasteiger partial charge in [-0.05, 0) is 12.1 Å². The number of aromatic nitrogens is 2. The van der Waals surface area contributed by atoms with Crippen LogP contribution in [0, 0.1) is 0 Å². The van der Waals surface area contributed by atoms with Gasteiger partial charge in [-0.3, -0.25) is 9.59 Å². The Bertz CT molecular complexity index is 684. The van der Waals surface area contributed by atoms with Crippen LogP contribution in [0.1, 0.15) is 6.92 Å². The Hall–Kier alpha value is -2.54. The van der Waals surface area contributed by atoms with Crippen molar-refractivity contribution in [2.45, 2.75) is 13.5 Å². The third kappa shape index (κ3) is 4.78. The SMILES string of the molecule is CC(=O)Nc1ccc(NC(=O)Cn2cc[n+](C)c2)c(O)c1.[Cl-]. The molecule has 0 atom stereocenters. The van der Waals surface area contributed by atoms with Crippen LogP contribution in [0.25, 0.3) is 0 Å². The molecule has 0 unspecified atom stereocenters. The largest absolute Gasteiger partial charge is 1.00 e. The van der Waals surface area contributed by atoms with Gasteiger partial charge in [-0.15, -0.1) is 0 Å². The molecule has 0 fully saturated rings. The molecule has 0 saturated heterocycles. The predicted octanol–water partition coefficient (Wildman–Crippen LogP) is -2.38. The Morgan fingerprint density at radius 2 is 2.05 bits per heavy atom. The first kappa shape index (κ1) is 17.5. The maximum Gasteiger partial charge on any atom is 0.266 e. The maximum atomic E-state index is 11.9. The molecule has 7 nitrogen and oxygen atoms in total. The molecule has 2 amide bonds. The number of aryl methyl sites for hydroxylation is 1. The van der Waals surface area contributed by atoms with Gasteiger partial charge in [-0.25, -0.2) is 9.13 Å². The van der Waals surface area contributed by atoms with Crippen LogP contribution in [0.5, 0.6) is 5.75 Å². The molecule has 0 aliphatic rings. The summed E-state index contributed by atoms with van der Waals surface area (Å²) in [4.78, 5) is 22.8. The Labute approximate surface area is 134 Å². The number of phenolic OH excluding ortho intramolecular Hbond substituents is 1. The quantitative estimate of drug-likeness (QED) is 0.433. The van der Waals surface area contributed by atoms with Crippen LogP contribution < -0.4 is 27.6 Å². The molecule has 8 heteroatoms. The normalized spacial score (nSPS) is 9.73. The molecule has 2 aromatic rings. The zero-order valence-electron chi connectivity index (χ0n) is 12.2. The number of hydrogen-bond donors (Lipinski definition) is 3. The van der Waals surface area contributed by atoms with E-state index in [1.54, 1.807) is 23.2 Å². The lowest BCUT2D eigenvalue weighted by molar-refractivity contribution is -0.671. The molecular weight excluding hydrogens is 308 g/mol. The van der Waals surface area contributed by atoms with Crippen molar-refractivity contribution in [1.82, 2.24) is 4.57 Å². The monoisotopic (exact) mass is 324 g/mol. The van der Waals surface area contributed by atoms with Crippen LogP contribution >= 0.6 is 0 Å². The molecule has 118 valence electrons. The van der Waals surface area contributed by atoms with Gasteiger partial charge >= 0.3 is 0 Å². The van der Waals surface area contributed by atoms with Crippen molar-refractivity contribution in [2.75, 3.05) is 10.6 Å². The second-order valence-corrected chi connectivity index (χ2v) is 4.71. The highest BCUT2D eigenvalue weighted by atomic mass is 35.5. The highest BCUT2D eigenvalue weighted by Gasteiger charge is 2.11. The number of phenols is 1. The standard InChI is InChI=1S/C14H16N4O3.ClH/c1-10(19)15-11-3-4-12(13(20)7-11)16-14(21)8-18-6-5-17(2)9-18;/h3-7,9H,8H2,1-2H3,(H2-,15,16,19,20,21);1H. The molecular formula is C14H17ClN4O3. The minimum atomic E-state index is -0.256. The van der Waals surface area contributed by atoms with Crippen molar-refractivity contribution in [1.29, 1.82) is 0 Å². The summed E-state index contributed by atoms with van der Waals surface area (Å²) in [7, 11) is 1.86. The van der Waals surface area contributed by atoms with Crippen molar-refractivity contribution < 1.29 is 31.7 Å². The number of aromatic hydroxyl groups is 1. The van der Waals surface area contributed by atoms with Crippen LogP contribution in [0.2, 0.25) is 0 Å². The van der Waals surface area contributed by atoms with Crippen molar-refractivity contribution in [2.24, 2.45) is 7.05 Å². The average molecular weight is 325 g/mol. The van der Waals surface area contributed by atoms with Gasteiger partial charge in [-0.1, -0.05) is 0 Å². The molecule has 2 rings (SSSR count). The summed E-state index contributed by atoms with van der Waals surface area (Å²) in [5.41, 5.74) is 0.765. The van der Waals surface area contributed by atoms with Crippen molar-refractivity contribution in [3.8, 4) is 5.75 Å². The fourth-order valence-electron chi connectivity index (χ4n) is 1.87. The Morgan fingerprint density at radius 3 is 2.59 bits per heavy atom. The van der Waals surface area contributed by atoms with Crippen molar-refractivity contribution in [3.05, 3.63) is 36.9 Å². The van der Waals surface area contributed by atoms with Gasteiger partial charge in [0, 0.05) is 18.7 Å². The molecule has 0 radical (unpaired) electrons. The Morgan fingerprint density at radius 1 is 1.32 bits per heavy atom. The van der Waals surface area contributed by atoms with E-state index in [-0.39, 0.29) is 36.5 Å². The molecule has 0 aliphatic carbocycles. The summed E-state index contributed by atoms with van der Waals surface area (Å²) in [6, 6.07) is 4.52. The number of nitrogens with one attached hydrogen (secondary N) is 2. The first-order chi connectivity index (χ1) is 9.94. The van der Waals surface area contributed by atoms with E-state index in [1.165, 1.54) is 19.1 Å². The molecule has 3 N–H and O–H groups in total. The van der Waals surface area contributed by atoms with Crippen LogP contribution in [-0.4, -0.2) is 21.5 Å². The van der Waals surface area contributed by atoms with E-state index in [4.69, 9.17) is 0 Å². The van der Waals surface area contributed by atoms with Gasteiger partial charge in [-0.2, -0.15) is 0 Å². The summed E-state index contributed by atoms with van der Waals surface area (Å²) in [5.74, 6) is -0.590. The molecule has 1 aromatic carbocycles. The number of carbonyl (C=O) groups excluding carboxylic acids is 2. The number of nitrogens with zero attached hydrogens (tertiary/aromatic N) is 2. The number of amides is 2. The number of carbonyl (C=O) groups is 2. The van der Waals surface area contributed by atoms with Gasteiger partial charge < -0.3 is 28.1 Å². The molecule has 0 spiro atoms. The Kier molecular flexibility index (Phi) is 5.94. The van der Waals surface area contributed by atoms with Crippen molar-refractivity contribution in [3.63, 3.8) is 0 Å². The third-order valence-electron chi connectivity index (χ3n) is 2.74. The lowest BCUT2D eigenvalue weighted by Gasteiger charge is -2.08. The number of imidazole rings is 1. The number of halogens is 1. The van der Waals surface area contributed by atoms with Gasteiger partial charge in [0.2, 0.25) is 12.2 Å². The highest BCUT2D eigenvalue weighted by molar-refractivity contribution is 5.93. The smallest absolute Gasteiger partial charge is 0.266 e. The van der Waals surface area contributed by atoms with Crippen LogP contribution in [0.4, 0.5) is 11.4 Å². The van der Waals surface area contributed by atoms with E-state index in [9.17, 15) is 14.7 Å². The minimum Gasteiger partial charge on any atom is -1.00 e. The van der Waals surface area contributed by atoms with E-state index in [1.807, 2.05) is 17.8 Å². The van der Waals surface area contributed by atoms with E-state index < -0.39 is 0 Å². The van der Waals surface area contributed by atoms with E-state index in [2.05, 4.69) is 10.6 Å². The van der Waals surface area contributed by atoms with Crippen LogP contribution in [0.3, 0.4) is 0 Å². The van der Waals surface area contributed by atoms with Gasteiger partial charge in [0.15, 0.2) is 6.54 Å². The van der Waals surface area contributed by atoms with Gasteiger partial charge in [0.25, 0.3) is 5.91 Å². The van der Waals surface area contributed by atoms with Gasteiger partial charge in [0.05, 0.1) is 12.7 Å². The maximum absolute atomic E-state index is 11.9. The first-order valence-corrected chi connectivity index (χ1v) is 6.35.